The van der Waals surface area contributed by atoms with Gasteiger partial charge in [-0.2, -0.15) is 0 Å². The zero-order chi connectivity index (χ0) is 18.9. The van der Waals surface area contributed by atoms with Crippen LogP contribution in [-0.4, -0.2) is 57.4 Å². The molecule has 3 aliphatic rings. The summed E-state index contributed by atoms with van der Waals surface area (Å²) in [5.74, 6) is 1.83. The molecule has 1 aromatic carbocycles. The molecule has 4 rings (SSSR count). The Morgan fingerprint density at radius 3 is 2.67 bits per heavy atom. The standard InChI is InChI=1S/C21H30N2O4/c1-15-16-11-18-19(27-10-9-26-18)12-17(16)21(5-3-4-6-21)14-23(15)20(24)13-22-7-8-25-2/h11-12,15,22H,3-10,13-14H2,1-2H3. The van der Waals surface area contributed by atoms with Crippen molar-refractivity contribution in [2.45, 2.75) is 44.1 Å². The summed E-state index contributed by atoms with van der Waals surface area (Å²) in [5.41, 5.74) is 2.64. The van der Waals surface area contributed by atoms with Crippen molar-refractivity contribution in [2.24, 2.45) is 0 Å². The van der Waals surface area contributed by atoms with E-state index in [-0.39, 0.29) is 17.4 Å². The van der Waals surface area contributed by atoms with E-state index in [1.54, 1.807) is 7.11 Å². The molecule has 1 fully saturated rings. The van der Waals surface area contributed by atoms with Gasteiger partial charge in [-0.3, -0.25) is 4.79 Å². The van der Waals surface area contributed by atoms with Crippen LogP contribution in [0.4, 0.5) is 0 Å². The molecule has 1 saturated carbocycles. The Bertz CT molecular complexity index is 700. The number of nitrogens with one attached hydrogen (secondary N) is 1. The normalized spacial score (nSPS) is 22.7. The van der Waals surface area contributed by atoms with Gasteiger partial charge in [-0.25, -0.2) is 0 Å². The molecule has 1 aliphatic carbocycles. The van der Waals surface area contributed by atoms with Gasteiger partial charge in [0.15, 0.2) is 11.5 Å². The summed E-state index contributed by atoms with van der Waals surface area (Å²) in [4.78, 5) is 15.0. The maximum atomic E-state index is 13.0. The molecule has 1 spiro atoms. The fraction of sp³-hybridized carbons (Fsp3) is 0.667. The average molecular weight is 374 g/mol. The number of fused-ring (bicyclic) bond motifs is 3. The van der Waals surface area contributed by atoms with Gasteiger partial charge in [0.1, 0.15) is 13.2 Å². The molecule has 1 atom stereocenters. The summed E-state index contributed by atoms with van der Waals surface area (Å²) >= 11 is 0. The van der Waals surface area contributed by atoms with E-state index in [0.29, 0.717) is 32.9 Å². The Morgan fingerprint density at radius 2 is 1.96 bits per heavy atom. The highest BCUT2D eigenvalue weighted by molar-refractivity contribution is 5.79. The van der Waals surface area contributed by atoms with Crippen molar-refractivity contribution < 1.29 is 19.0 Å². The second-order valence-electron chi connectivity index (χ2n) is 7.94. The summed E-state index contributed by atoms with van der Waals surface area (Å²) in [7, 11) is 1.67. The van der Waals surface area contributed by atoms with Crippen LogP contribution >= 0.6 is 0 Å². The number of rotatable bonds is 5. The number of hydrogen-bond donors (Lipinski definition) is 1. The summed E-state index contributed by atoms with van der Waals surface area (Å²) < 4.78 is 16.7. The van der Waals surface area contributed by atoms with Crippen LogP contribution in [0.15, 0.2) is 12.1 Å². The Labute approximate surface area is 161 Å². The molecule has 1 amide bonds. The number of nitrogens with zero attached hydrogens (tertiary/aromatic N) is 1. The predicted octanol–water partition coefficient (Wildman–Crippen LogP) is 2.41. The Kier molecular flexibility index (Phi) is 5.28. The van der Waals surface area contributed by atoms with Gasteiger partial charge in [0.2, 0.25) is 5.91 Å². The molecule has 0 aromatic heterocycles. The van der Waals surface area contributed by atoms with E-state index < -0.39 is 0 Å². The van der Waals surface area contributed by atoms with Crippen LogP contribution in [0.25, 0.3) is 0 Å². The molecule has 6 nitrogen and oxygen atoms in total. The lowest BCUT2D eigenvalue weighted by Gasteiger charge is -2.46. The quantitative estimate of drug-likeness (QED) is 0.802. The topological polar surface area (TPSA) is 60.0 Å². The summed E-state index contributed by atoms with van der Waals surface area (Å²) in [6.07, 6.45) is 4.70. The van der Waals surface area contributed by atoms with Crippen molar-refractivity contribution in [1.82, 2.24) is 10.2 Å². The van der Waals surface area contributed by atoms with Crippen LogP contribution in [0, 0.1) is 0 Å². The minimum absolute atomic E-state index is 0.0405. The number of hydrogen-bond acceptors (Lipinski definition) is 5. The van der Waals surface area contributed by atoms with Crippen LogP contribution in [0.5, 0.6) is 11.5 Å². The third-order valence-electron chi connectivity index (χ3n) is 6.32. The smallest absolute Gasteiger partial charge is 0.237 e. The zero-order valence-electron chi connectivity index (χ0n) is 16.4. The molecular formula is C21H30N2O4. The summed E-state index contributed by atoms with van der Waals surface area (Å²) in [6.45, 7) is 5.76. The Hall–Kier alpha value is -1.79. The molecule has 27 heavy (non-hydrogen) atoms. The SMILES string of the molecule is COCCNCC(=O)N1CC2(CCCC2)c2cc3c(cc2C1C)OCCO3. The lowest BCUT2D eigenvalue weighted by Crippen LogP contribution is -2.51. The van der Waals surface area contributed by atoms with Crippen molar-refractivity contribution in [3.05, 3.63) is 23.3 Å². The van der Waals surface area contributed by atoms with Crippen LogP contribution in [0.2, 0.25) is 0 Å². The Balaban J connectivity index is 1.63. The van der Waals surface area contributed by atoms with Gasteiger partial charge in [0, 0.05) is 25.6 Å². The molecular weight excluding hydrogens is 344 g/mol. The predicted molar refractivity (Wildman–Crippen MR) is 102 cm³/mol. The molecule has 6 heteroatoms. The first-order valence-corrected chi connectivity index (χ1v) is 10.1. The van der Waals surface area contributed by atoms with Gasteiger partial charge >= 0.3 is 0 Å². The van der Waals surface area contributed by atoms with E-state index in [9.17, 15) is 4.79 Å². The molecule has 2 aliphatic heterocycles. The van der Waals surface area contributed by atoms with E-state index >= 15 is 0 Å². The van der Waals surface area contributed by atoms with Crippen LogP contribution < -0.4 is 14.8 Å². The van der Waals surface area contributed by atoms with Gasteiger partial charge in [0.05, 0.1) is 19.2 Å². The van der Waals surface area contributed by atoms with E-state index in [2.05, 4.69) is 29.3 Å². The van der Waals surface area contributed by atoms with Gasteiger partial charge in [-0.05, 0) is 43.0 Å². The fourth-order valence-corrected chi connectivity index (χ4v) is 4.88. The number of methoxy groups -OCH3 is 1. The van der Waals surface area contributed by atoms with Gasteiger partial charge in [-0.1, -0.05) is 12.8 Å². The minimum atomic E-state index is 0.0405. The lowest BCUT2D eigenvalue weighted by atomic mass is 9.71. The van der Waals surface area contributed by atoms with E-state index in [1.165, 1.54) is 24.0 Å². The van der Waals surface area contributed by atoms with Crippen molar-refractivity contribution in [2.75, 3.05) is 46.6 Å². The molecule has 2 heterocycles. The number of carbonyl (C=O) groups excluding carboxylic acids is 1. The third-order valence-corrected chi connectivity index (χ3v) is 6.32. The second-order valence-corrected chi connectivity index (χ2v) is 7.94. The Morgan fingerprint density at radius 1 is 1.26 bits per heavy atom. The molecule has 0 saturated heterocycles. The van der Waals surface area contributed by atoms with E-state index in [4.69, 9.17) is 14.2 Å². The fourth-order valence-electron chi connectivity index (χ4n) is 4.88. The molecule has 1 unspecified atom stereocenters. The van der Waals surface area contributed by atoms with Crippen molar-refractivity contribution >= 4 is 5.91 Å². The first-order valence-electron chi connectivity index (χ1n) is 10.1. The van der Waals surface area contributed by atoms with E-state index in [1.807, 2.05) is 0 Å². The molecule has 148 valence electrons. The summed E-state index contributed by atoms with van der Waals surface area (Å²) in [6, 6.07) is 4.36. The molecule has 0 bridgehead atoms. The number of ether oxygens (including phenoxy) is 3. The van der Waals surface area contributed by atoms with Crippen LogP contribution in [-0.2, 0) is 14.9 Å². The zero-order valence-corrected chi connectivity index (χ0v) is 16.4. The minimum Gasteiger partial charge on any atom is -0.486 e. The van der Waals surface area contributed by atoms with Crippen molar-refractivity contribution in [1.29, 1.82) is 0 Å². The van der Waals surface area contributed by atoms with Crippen LogP contribution in [0.1, 0.15) is 49.8 Å². The van der Waals surface area contributed by atoms with Crippen molar-refractivity contribution in [3.63, 3.8) is 0 Å². The highest BCUT2D eigenvalue weighted by atomic mass is 16.6. The average Bonchev–Trinajstić information content (AvgIpc) is 3.16. The number of amides is 1. The number of benzene rings is 1. The molecule has 1 N–H and O–H groups in total. The van der Waals surface area contributed by atoms with Gasteiger partial charge in [0.25, 0.3) is 0 Å². The first-order chi connectivity index (χ1) is 13.1. The molecule has 1 aromatic rings. The highest BCUT2D eigenvalue weighted by Crippen LogP contribution is 2.51. The monoisotopic (exact) mass is 374 g/mol. The second kappa shape index (κ2) is 7.68. The number of carbonyl (C=O) groups is 1. The van der Waals surface area contributed by atoms with Crippen molar-refractivity contribution in [3.8, 4) is 11.5 Å². The maximum Gasteiger partial charge on any atom is 0.237 e. The third kappa shape index (κ3) is 3.41. The largest absolute Gasteiger partial charge is 0.486 e. The van der Waals surface area contributed by atoms with Gasteiger partial charge < -0.3 is 24.4 Å². The highest BCUT2D eigenvalue weighted by Gasteiger charge is 2.46. The van der Waals surface area contributed by atoms with Crippen LogP contribution in [0.3, 0.4) is 0 Å². The summed E-state index contributed by atoms with van der Waals surface area (Å²) in [5, 5.41) is 3.20. The first kappa shape index (κ1) is 18.6. The van der Waals surface area contributed by atoms with E-state index in [0.717, 1.165) is 30.9 Å². The van der Waals surface area contributed by atoms with Gasteiger partial charge in [-0.15, -0.1) is 0 Å². The molecule has 0 radical (unpaired) electrons. The lowest BCUT2D eigenvalue weighted by molar-refractivity contribution is -0.134. The maximum absolute atomic E-state index is 13.0.